The molecule has 1 atom stereocenters. The molecule has 0 saturated carbocycles. The number of Topliss-reactive ketones (excluding diaryl/α,β-unsaturated/α-hetero) is 1. The first kappa shape index (κ1) is 21.2. The summed E-state index contributed by atoms with van der Waals surface area (Å²) in [5, 5.41) is 2.91. The van der Waals surface area contributed by atoms with Crippen molar-refractivity contribution in [3.8, 4) is 0 Å². The van der Waals surface area contributed by atoms with Crippen LogP contribution in [0.3, 0.4) is 0 Å². The topological polar surface area (TPSA) is 72.5 Å². The van der Waals surface area contributed by atoms with E-state index in [1.807, 2.05) is 6.92 Å². The lowest BCUT2D eigenvalue weighted by Crippen LogP contribution is -2.34. The van der Waals surface area contributed by atoms with Crippen LogP contribution in [0, 0.1) is 11.3 Å². The molecule has 6 heteroatoms. The fraction of sp³-hybridized carbons (Fsp3) is 0.526. The summed E-state index contributed by atoms with van der Waals surface area (Å²) in [7, 11) is 0. The van der Waals surface area contributed by atoms with E-state index < -0.39 is 23.2 Å². The average Bonchev–Trinajstić information content (AvgIpc) is 2.54. The van der Waals surface area contributed by atoms with Crippen molar-refractivity contribution >= 4 is 34.9 Å². The van der Waals surface area contributed by atoms with Crippen molar-refractivity contribution in [2.75, 3.05) is 11.9 Å². The second-order valence-electron chi connectivity index (χ2n) is 7.01. The first-order chi connectivity index (χ1) is 11.6. The Bertz CT molecular complexity index is 649. The van der Waals surface area contributed by atoms with Crippen LogP contribution in [-0.2, 0) is 14.3 Å². The molecular formula is C19H26ClNO4. The number of hydrogen-bond donors (Lipinski definition) is 1. The standard InChI is InChI=1S/C19H26ClNO4/c1-6-7-10-25-18(24)13-8-9-14(20)15(11-13)21-17(23)12(2)16(22)19(3,4)5/h8-9,11-12H,6-7,10H2,1-5H3,(H,21,23). The molecule has 1 N–H and O–H groups in total. The van der Waals surface area contributed by atoms with Gasteiger partial charge >= 0.3 is 5.97 Å². The Morgan fingerprint density at radius 1 is 1.24 bits per heavy atom. The number of carbonyl (C=O) groups excluding carboxylic acids is 3. The summed E-state index contributed by atoms with van der Waals surface area (Å²) in [5.74, 6) is -1.93. The van der Waals surface area contributed by atoms with Gasteiger partial charge in [-0.15, -0.1) is 0 Å². The van der Waals surface area contributed by atoms with Gasteiger partial charge in [0.25, 0.3) is 0 Å². The molecule has 0 spiro atoms. The minimum Gasteiger partial charge on any atom is -0.462 e. The predicted molar refractivity (Wildman–Crippen MR) is 98.9 cm³/mol. The van der Waals surface area contributed by atoms with Crippen molar-refractivity contribution in [2.45, 2.75) is 47.5 Å². The fourth-order valence-electron chi connectivity index (χ4n) is 2.15. The first-order valence-electron chi connectivity index (χ1n) is 8.39. The highest BCUT2D eigenvalue weighted by molar-refractivity contribution is 6.34. The van der Waals surface area contributed by atoms with Gasteiger partial charge in [-0.05, 0) is 31.5 Å². The Morgan fingerprint density at radius 2 is 1.88 bits per heavy atom. The normalized spacial score (nSPS) is 12.4. The third kappa shape index (κ3) is 6.16. The maximum absolute atomic E-state index is 12.3. The molecule has 0 saturated heterocycles. The van der Waals surface area contributed by atoms with Crippen molar-refractivity contribution in [1.29, 1.82) is 0 Å². The van der Waals surface area contributed by atoms with E-state index in [1.54, 1.807) is 27.7 Å². The summed E-state index contributed by atoms with van der Waals surface area (Å²) in [4.78, 5) is 36.6. The lowest BCUT2D eigenvalue weighted by Gasteiger charge is -2.21. The molecular weight excluding hydrogens is 342 g/mol. The van der Waals surface area contributed by atoms with Gasteiger partial charge in [0.2, 0.25) is 5.91 Å². The van der Waals surface area contributed by atoms with Crippen molar-refractivity contribution < 1.29 is 19.1 Å². The second kappa shape index (κ2) is 8.99. The van der Waals surface area contributed by atoms with Gasteiger partial charge in [0.15, 0.2) is 0 Å². The molecule has 138 valence electrons. The van der Waals surface area contributed by atoms with Crippen molar-refractivity contribution in [1.82, 2.24) is 0 Å². The van der Waals surface area contributed by atoms with E-state index in [1.165, 1.54) is 18.2 Å². The smallest absolute Gasteiger partial charge is 0.338 e. The third-order valence-electron chi connectivity index (χ3n) is 3.72. The molecule has 0 bridgehead atoms. The molecule has 5 nitrogen and oxygen atoms in total. The van der Waals surface area contributed by atoms with E-state index in [4.69, 9.17) is 16.3 Å². The largest absolute Gasteiger partial charge is 0.462 e. The van der Waals surface area contributed by atoms with Crippen molar-refractivity contribution in [3.05, 3.63) is 28.8 Å². The number of halogens is 1. The maximum Gasteiger partial charge on any atom is 0.338 e. The Labute approximate surface area is 154 Å². The zero-order valence-corrected chi connectivity index (χ0v) is 16.2. The molecule has 1 rings (SSSR count). The predicted octanol–water partition coefficient (Wildman–Crippen LogP) is 4.49. The van der Waals surface area contributed by atoms with Crippen molar-refractivity contribution in [2.24, 2.45) is 11.3 Å². The molecule has 1 aromatic rings. The maximum atomic E-state index is 12.3. The number of hydrogen-bond acceptors (Lipinski definition) is 4. The zero-order valence-electron chi connectivity index (χ0n) is 15.4. The zero-order chi connectivity index (χ0) is 19.2. The quantitative estimate of drug-likeness (QED) is 0.438. The van der Waals surface area contributed by atoms with Gasteiger partial charge in [-0.1, -0.05) is 45.7 Å². The highest BCUT2D eigenvalue weighted by atomic mass is 35.5. The number of unbranched alkanes of at least 4 members (excludes halogenated alkanes) is 1. The first-order valence-corrected chi connectivity index (χ1v) is 8.77. The van der Waals surface area contributed by atoms with Crippen LogP contribution < -0.4 is 5.32 Å². The van der Waals surface area contributed by atoms with E-state index in [0.29, 0.717) is 12.2 Å². The van der Waals surface area contributed by atoms with Crippen LogP contribution in [0.5, 0.6) is 0 Å². The summed E-state index contributed by atoms with van der Waals surface area (Å²) in [5.41, 5.74) is -0.0401. The molecule has 1 unspecified atom stereocenters. The van der Waals surface area contributed by atoms with Crippen LogP contribution in [0.25, 0.3) is 0 Å². The Morgan fingerprint density at radius 3 is 2.44 bits per heavy atom. The van der Waals surface area contributed by atoms with Gasteiger partial charge in [0.05, 0.1) is 28.8 Å². The molecule has 0 aromatic heterocycles. The number of ether oxygens (including phenoxy) is 1. The number of ketones is 1. The van der Waals surface area contributed by atoms with Gasteiger partial charge in [0.1, 0.15) is 5.78 Å². The number of carbonyl (C=O) groups is 3. The highest BCUT2D eigenvalue weighted by Crippen LogP contribution is 2.26. The van der Waals surface area contributed by atoms with E-state index in [-0.39, 0.29) is 16.5 Å². The molecule has 1 amide bonds. The fourth-order valence-corrected chi connectivity index (χ4v) is 2.31. The molecule has 25 heavy (non-hydrogen) atoms. The lowest BCUT2D eigenvalue weighted by molar-refractivity contribution is -0.135. The van der Waals surface area contributed by atoms with Crippen LogP contribution in [0.2, 0.25) is 5.02 Å². The third-order valence-corrected chi connectivity index (χ3v) is 4.05. The Hall–Kier alpha value is -1.88. The van der Waals surface area contributed by atoms with Gasteiger partial charge in [-0.25, -0.2) is 4.79 Å². The molecule has 0 fully saturated rings. The summed E-state index contributed by atoms with van der Waals surface area (Å²) in [6, 6.07) is 4.52. The van der Waals surface area contributed by atoms with E-state index in [2.05, 4.69) is 5.32 Å². The minimum atomic E-state index is -0.823. The van der Waals surface area contributed by atoms with Crippen LogP contribution >= 0.6 is 11.6 Å². The molecule has 0 aliphatic carbocycles. The number of esters is 1. The number of amides is 1. The van der Waals surface area contributed by atoms with E-state index >= 15 is 0 Å². The summed E-state index contributed by atoms with van der Waals surface area (Å²) in [6.07, 6.45) is 1.71. The average molecular weight is 368 g/mol. The Balaban J connectivity index is 2.88. The van der Waals surface area contributed by atoms with Crippen LogP contribution in [-0.4, -0.2) is 24.3 Å². The molecule has 0 aliphatic heterocycles. The van der Waals surface area contributed by atoms with Crippen molar-refractivity contribution in [3.63, 3.8) is 0 Å². The summed E-state index contributed by atoms with van der Waals surface area (Å²) in [6.45, 7) is 9.19. The highest BCUT2D eigenvalue weighted by Gasteiger charge is 2.31. The number of rotatable bonds is 7. The summed E-state index contributed by atoms with van der Waals surface area (Å²) >= 11 is 6.09. The monoisotopic (exact) mass is 367 g/mol. The number of anilines is 1. The number of benzene rings is 1. The van der Waals surface area contributed by atoms with Gasteiger partial charge in [0, 0.05) is 5.41 Å². The van der Waals surface area contributed by atoms with Gasteiger partial charge in [-0.3, -0.25) is 9.59 Å². The van der Waals surface area contributed by atoms with Crippen LogP contribution in [0.15, 0.2) is 18.2 Å². The molecule has 1 aromatic carbocycles. The van der Waals surface area contributed by atoms with E-state index in [0.717, 1.165) is 12.8 Å². The molecule has 0 aliphatic rings. The Kier molecular flexibility index (Phi) is 7.61. The minimum absolute atomic E-state index is 0.170. The lowest BCUT2D eigenvalue weighted by atomic mass is 9.83. The van der Waals surface area contributed by atoms with Gasteiger partial charge < -0.3 is 10.1 Å². The SMILES string of the molecule is CCCCOC(=O)c1ccc(Cl)c(NC(=O)C(C)C(=O)C(C)(C)C)c1. The van der Waals surface area contributed by atoms with Gasteiger partial charge in [-0.2, -0.15) is 0 Å². The van der Waals surface area contributed by atoms with Crippen LogP contribution in [0.1, 0.15) is 57.8 Å². The molecule has 0 heterocycles. The summed E-state index contributed by atoms with van der Waals surface area (Å²) < 4.78 is 5.15. The van der Waals surface area contributed by atoms with Crippen LogP contribution in [0.4, 0.5) is 5.69 Å². The molecule has 0 radical (unpaired) electrons. The second-order valence-corrected chi connectivity index (χ2v) is 7.42. The van der Waals surface area contributed by atoms with E-state index in [9.17, 15) is 14.4 Å². The number of nitrogens with one attached hydrogen (secondary N) is 1.